The minimum atomic E-state index is 0. The molecular weight excluding hydrogens is 294 g/mol. The Kier molecular flexibility index (Phi) is 1250. The zero-order valence-corrected chi connectivity index (χ0v) is 5.31. The van der Waals surface area contributed by atoms with Crippen LogP contribution in [-0.2, 0) is 0 Å². The van der Waals surface area contributed by atoms with Gasteiger partial charge in [-0.25, -0.2) is 0 Å². The first-order valence-corrected chi connectivity index (χ1v) is 0. The molecule has 0 aliphatic carbocycles. The van der Waals surface area contributed by atoms with Gasteiger partial charge in [0.1, 0.15) is 0 Å². The standard InChI is InChI=1S/3FH.Np/h3*1H;/p-3. The fraction of sp³-hybridized carbons (Fsp3) is 0. The van der Waals surface area contributed by atoms with Gasteiger partial charge >= 0.3 is 0 Å². The van der Waals surface area contributed by atoms with Crippen LogP contribution in [0.2, 0.25) is 0 Å². The van der Waals surface area contributed by atoms with Crippen molar-refractivity contribution in [2.24, 2.45) is 0 Å². The minimum absolute atomic E-state index is 0. The van der Waals surface area contributed by atoms with Crippen LogP contribution < -0.4 is 14.1 Å². The molecule has 0 amide bonds. The molecule has 0 aromatic carbocycles. The summed E-state index contributed by atoms with van der Waals surface area (Å²) in [5, 5.41) is 0. The summed E-state index contributed by atoms with van der Waals surface area (Å²) in [6, 6.07) is 0. The molecule has 0 bridgehead atoms. The van der Waals surface area contributed by atoms with Crippen LogP contribution in [0.5, 0.6) is 0 Å². The SMILES string of the molecule is [F-].[F-].[F-].[Np]. The van der Waals surface area contributed by atoms with Gasteiger partial charge in [-0.1, -0.05) is 0 Å². The van der Waals surface area contributed by atoms with Crippen molar-refractivity contribution in [2.45, 2.75) is 0 Å². The van der Waals surface area contributed by atoms with Crippen LogP contribution in [0.15, 0.2) is 0 Å². The number of hydrogen-bond donors (Lipinski definition) is 0. The predicted molar refractivity (Wildman–Crippen MR) is 0 cm³/mol. The van der Waals surface area contributed by atoms with Crippen molar-refractivity contribution in [2.75, 3.05) is 0 Å². The van der Waals surface area contributed by atoms with E-state index in [2.05, 4.69) is 0 Å². The zero-order chi connectivity index (χ0) is 0. The van der Waals surface area contributed by atoms with E-state index in [1.54, 1.807) is 0 Å². The van der Waals surface area contributed by atoms with Crippen molar-refractivity contribution >= 4 is 0 Å². The van der Waals surface area contributed by atoms with E-state index in [4.69, 9.17) is 0 Å². The summed E-state index contributed by atoms with van der Waals surface area (Å²) in [7, 11) is 0. The maximum absolute atomic E-state index is 0. The van der Waals surface area contributed by atoms with Gasteiger partial charge in [0, 0.05) is 29.9 Å². The second-order valence-electron chi connectivity index (χ2n) is 0. The summed E-state index contributed by atoms with van der Waals surface area (Å²) in [5.41, 5.74) is 0. The number of halogens is 3. The fourth-order valence-corrected chi connectivity index (χ4v) is 0. The molecule has 4 heavy (non-hydrogen) atoms. The smallest absolute Gasteiger partial charge is 0 e. The molecule has 0 saturated carbocycles. The molecule has 0 saturated heterocycles. The maximum Gasteiger partial charge on any atom is 0 e. The average molecular weight is 294 g/mol. The Morgan fingerprint density at radius 1 is 0.500 bits per heavy atom. The van der Waals surface area contributed by atoms with Crippen LogP contribution in [0.25, 0.3) is 0 Å². The van der Waals surface area contributed by atoms with Crippen molar-refractivity contribution in [3.8, 4) is 0 Å². The van der Waals surface area contributed by atoms with Gasteiger partial charge in [0.05, 0.1) is 0 Å². The van der Waals surface area contributed by atoms with Crippen LogP contribution >= 0.6 is 0 Å². The van der Waals surface area contributed by atoms with Gasteiger partial charge < -0.3 is 14.1 Å². The van der Waals surface area contributed by atoms with E-state index in [0.29, 0.717) is 0 Å². The van der Waals surface area contributed by atoms with Crippen LogP contribution in [0.3, 0.4) is 0 Å². The summed E-state index contributed by atoms with van der Waals surface area (Å²) >= 11 is 0. The van der Waals surface area contributed by atoms with Gasteiger partial charge in [-0.2, -0.15) is 0 Å². The van der Waals surface area contributed by atoms with Crippen molar-refractivity contribution in [3.63, 3.8) is 0 Å². The van der Waals surface area contributed by atoms with Crippen molar-refractivity contribution in [1.82, 2.24) is 0 Å². The van der Waals surface area contributed by atoms with E-state index in [0.717, 1.165) is 0 Å². The van der Waals surface area contributed by atoms with E-state index in [1.807, 2.05) is 0 Å². The third-order valence-corrected chi connectivity index (χ3v) is 0. The summed E-state index contributed by atoms with van der Waals surface area (Å²) in [6.07, 6.45) is 0. The minimum Gasteiger partial charge on any atom is -1.00 e. The first-order valence-electron chi connectivity index (χ1n) is 0. The van der Waals surface area contributed by atoms with Crippen molar-refractivity contribution in [1.29, 1.82) is 0 Å². The second-order valence-corrected chi connectivity index (χ2v) is 0. The molecule has 0 aliphatic rings. The van der Waals surface area contributed by atoms with Crippen LogP contribution in [0.4, 0.5) is 0 Å². The molecule has 1 radical (unpaired) electrons. The molecule has 0 N–H and O–H groups in total. The largest absolute Gasteiger partial charge is 1.00 e. The fourth-order valence-electron chi connectivity index (χ4n) is 0. The van der Waals surface area contributed by atoms with Crippen molar-refractivity contribution < 1.29 is 44.1 Å². The summed E-state index contributed by atoms with van der Waals surface area (Å²) in [4.78, 5) is 0. The van der Waals surface area contributed by atoms with E-state index >= 15 is 0 Å². The Bertz CT molecular complexity index is 3.25. The van der Waals surface area contributed by atoms with Gasteiger partial charge in [-0.3, -0.25) is 0 Å². The quantitative estimate of drug-likeness (QED) is 0.416. The Hall–Kier alpha value is 0.803. The molecule has 0 nitrogen and oxygen atoms in total. The summed E-state index contributed by atoms with van der Waals surface area (Å²) in [5.74, 6) is 0. The van der Waals surface area contributed by atoms with E-state index in [9.17, 15) is 0 Å². The molecular formula is F3Np-3. The van der Waals surface area contributed by atoms with Crippen molar-refractivity contribution in [3.05, 3.63) is 0 Å². The second kappa shape index (κ2) is 46.3. The Labute approximate surface area is 44.3 Å². The molecule has 0 aliphatic heterocycles. The molecule has 0 rings (SSSR count). The Balaban J connectivity index is 0. The molecule has 0 aromatic heterocycles. The van der Waals surface area contributed by atoms with Crippen LogP contribution in [0, 0.1) is 29.9 Å². The Morgan fingerprint density at radius 2 is 0.500 bits per heavy atom. The third-order valence-electron chi connectivity index (χ3n) is 0. The van der Waals surface area contributed by atoms with Crippen LogP contribution in [-0.4, -0.2) is 0 Å². The molecule has 0 atom stereocenters. The number of rotatable bonds is 0. The van der Waals surface area contributed by atoms with E-state index < -0.39 is 0 Å². The third kappa shape index (κ3) is 14.1. The van der Waals surface area contributed by atoms with E-state index in [-0.39, 0.29) is 44.1 Å². The van der Waals surface area contributed by atoms with Gasteiger partial charge in [-0.05, 0) is 0 Å². The zero-order valence-electron chi connectivity index (χ0n) is 1.58. The molecule has 0 spiro atoms. The molecule has 0 heterocycles. The topological polar surface area (TPSA) is 0 Å². The number of hydrogen-bond acceptors (Lipinski definition) is 0. The first-order chi connectivity index (χ1) is 0. The first kappa shape index (κ1) is 108. The predicted octanol–water partition coefficient (Wildman–Crippen LogP) is -8.99. The van der Waals surface area contributed by atoms with Gasteiger partial charge in [0.2, 0.25) is 0 Å². The van der Waals surface area contributed by atoms with E-state index in [1.165, 1.54) is 0 Å². The van der Waals surface area contributed by atoms with Crippen LogP contribution in [0.1, 0.15) is 0 Å². The van der Waals surface area contributed by atoms with Gasteiger partial charge in [0.15, 0.2) is 0 Å². The molecule has 0 aromatic rings. The monoisotopic (exact) mass is 293 g/mol. The maximum atomic E-state index is 0. The van der Waals surface area contributed by atoms with Gasteiger partial charge in [0.25, 0.3) is 0 Å². The molecule has 29 valence electrons. The van der Waals surface area contributed by atoms with Gasteiger partial charge in [-0.15, -0.1) is 0 Å². The molecule has 0 unspecified atom stereocenters. The summed E-state index contributed by atoms with van der Waals surface area (Å²) < 4.78 is 0. The normalized spacial score (nSPS) is 0. The molecule has 0 fully saturated rings. The summed E-state index contributed by atoms with van der Waals surface area (Å²) in [6.45, 7) is 0. The molecule has 4 heteroatoms. The Morgan fingerprint density at radius 3 is 0.500 bits per heavy atom. The average Bonchev–Trinajstić information content (AvgIpc) is 0.